The number of piperidine rings is 1. The van der Waals surface area contributed by atoms with Gasteiger partial charge in [0.1, 0.15) is 0 Å². The van der Waals surface area contributed by atoms with E-state index < -0.39 is 18.0 Å². The van der Waals surface area contributed by atoms with Crippen molar-refractivity contribution >= 4 is 12.0 Å². The van der Waals surface area contributed by atoms with Gasteiger partial charge in [-0.15, -0.1) is 0 Å². The third-order valence-electron chi connectivity index (χ3n) is 3.44. The van der Waals surface area contributed by atoms with Crippen LogP contribution in [0.4, 0.5) is 4.79 Å². The first kappa shape index (κ1) is 16.7. The Balaban J connectivity index is 2.21. The zero-order chi connectivity index (χ0) is 15.2. The highest BCUT2D eigenvalue weighted by atomic mass is 16.4. The van der Waals surface area contributed by atoms with Gasteiger partial charge in [-0.1, -0.05) is 0 Å². The van der Waals surface area contributed by atoms with Gasteiger partial charge in [-0.3, -0.25) is 4.79 Å². The van der Waals surface area contributed by atoms with Gasteiger partial charge >= 0.3 is 12.0 Å². The average Bonchev–Trinajstić information content (AvgIpc) is 2.32. The van der Waals surface area contributed by atoms with E-state index in [1.54, 1.807) is 0 Å². The zero-order valence-electron chi connectivity index (χ0n) is 12.2. The van der Waals surface area contributed by atoms with Crippen LogP contribution in [0.2, 0.25) is 0 Å². The van der Waals surface area contributed by atoms with E-state index in [0.717, 1.165) is 25.9 Å². The van der Waals surface area contributed by atoms with Gasteiger partial charge in [0.2, 0.25) is 0 Å². The highest BCUT2D eigenvalue weighted by Crippen LogP contribution is 2.13. The molecular weight excluding hydrogens is 262 g/mol. The van der Waals surface area contributed by atoms with Gasteiger partial charge in [0, 0.05) is 19.6 Å². The number of amides is 2. The van der Waals surface area contributed by atoms with Crippen molar-refractivity contribution < 1.29 is 19.8 Å². The number of hydrogen-bond acceptors (Lipinski definition) is 4. The maximum atomic E-state index is 11.6. The van der Waals surface area contributed by atoms with Crippen molar-refractivity contribution in [2.75, 3.05) is 33.2 Å². The lowest BCUT2D eigenvalue weighted by Crippen LogP contribution is -2.47. The first-order chi connectivity index (χ1) is 9.28. The molecule has 4 N–H and O–H groups in total. The largest absolute Gasteiger partial charge is 0.481 e. The molecule has 0 aromatic heterocycles. The molecule has 0 aliphatic carbocycles. The van der Waals surface area contributed by atoms with Gasteiger partial charge in [0.05, 0.1) is 12.0 Å². The van der Waals surface area contributed by atoms with E-state index in [-0.39, 0.29) is 12.6 Å². The van der Waals surface area contributed by atoms with Crippen LogP contribution in [0.3, 0.4) is 0 Å². The minimum Gasteiger partial charge on any atom is -0.481 e. The minimum atomic E-state index is -1.44. The summed E-state index contributed by atoms with van der Waals surface area (Å²) >= 11 is 0. The van der Waals surface area contributed by atoms with Crippen LogP contribution in [0.5, 0.6) is 0 Å². The maximum absolute atomic E-state index is 11.6. The van der Waals surface area contributed by atoms with Crippen molar-refractivity contribution in [2.24, 2.45) is 5.92 Å². The van der Waals surface area contributed by atoms with E-state index in [2.05, 4.69) is 22.6 Å². The van der Waals surface area contributed by atoms with Gasteiger partial charge in [-0.05, 0) is 39.3 Å². The molecule has 1 saturated heterocycles. The van der Waals surface area contributed by atoms with Crippen molar-refractivity contribution in [3.05, 3.63) is 0 Å². The Hall–Kier alpha value is -1.34. The highest BCUT2D eigenvalue weighted by molar-refractivity contribution is 5.74. The Morgan fingerprint density at radius 1 is 1.40 bits per heavy atom. The Kier molecular flexibility index (Phi) is 6.22. The number of carbonyl (C=O) groups excluding carboxylic acids is 1. The second-order valence-electron chi connectivity index (χ2n) is 5.90. The summed E-state index contributed by atoms with van der Waals surface area (Å²) in [7, 11) is 2.06. The molecule has 2 amide bonds. The monoisotopic (exact) mass is 287 g/mol. The van der Waals surface area contributed by atoms with Gasteiger partial charge in [0.25, 0.3) is 0 Å². The van der Waals surface area contributed by atoms with Crippen LogP contribution in [0.1, 0.15) is 26.2 Å². The molecule has 1 fully saturated rings. The molecule has 2 unspecified atom stereocenters. The van der Waals surface area contributed by atoms with Gasteiger partial charge in [0.15, 0.2) is 0 Å². The number of rotatable bonds is 6. The van der Waals surface area contributed by atoms with Crippen LogP contribution >= 0.6 is 0 Å². The number of likely N-dealkylation sites (tertiary alicyclic amines) is 1. The normalized spacial score (nSPS) is 22.9. The summed E-state index contributed by atoms with van der Waals surface area (Å²) < 4.78 is 0. The summed E-state index contributed by atoms with van der Waals surface area (Å²) in [4.78, 5) is 24.4. The lowest BCUT2D eigenvalue weighted by Gasteiger charge is -2.29. The minimum absolute atomic E-state index is 0.0876. The van der Waals surface area contributed by atoms with Crippen LogP contribution in [-0.4, -0.2) is 65.9 Å². The highest BCUT2D eigenvalue weighted by Gasteiger charge is 2.25. The molecule has 0 spiro atoms. The number of aliphatic hydroxyl groups is 1. The number of aliphatic carboxylic acids is 1. The Morgan fingerprint density at radius 3 is 2.70 bits per heavy atom. The van der Waals surface area contributed by atoms with E-state index in [1.165, 1.54) is 6.92 Å². The third-order valence-corrected chi connectivity index (χ3v) is 3.44. The molecule has 0 aromatic carbocycles. The Bertz CT molecular complexity index is 347. The number of carboxylic acid groups (broad SMARTS) is 1. The second-order valence-corrected chi connectivity index (χ2v) is 5.90. The summed E-state index contributed by atoms with van der Waals surface area (Å²) in [6, 6.07) is -0.371. The molecule has 1 aliphatic heterocycles. The first-order valence-electron chi connectivity index (χ1n) is 6.93. The van der Waals surface area contributed by atoms with Crippen molar-refractivity contribution in [1.82, 2.24) is 15.5 Å². The molecule has 7 heteroatoms. The second kappa shape index (κ2) is 7.44. The number of urea groups is 1. The number of nitrogens with zero attached hydrogens (tertiary/aromatic N) is 1. The first-order valence-corrected chi connectivity index (χ1v) is 6.93. The quantitative estimate of drug-likeness (QED) is 0.544. The fourth-order valence-electron chi connectivity index (χ4n) is 2.40. The number of carboxylic acids is 1. The molecule has 0 bridgehead atoms. The van der Waals surface area contributed by atoms with Crippen LogP contribution in [0, 0.1) is 5.92 Å². The van der Waals surface area contributed by atoms with Crippen molar-refractivity contribution in [1.29, 1.82) is 0 Å². The van der Waals surface area contributed by atoms with Crippen LogP contribution in [-0.2, 0) is 4.79 Å². The summed E-state index contributed by atoms with van der Waals surface area (Å²) in [6.45, 7) is 3.96. The predicted molar refractivity (Wildman–Crippen MR) is 74.5 cm³/mol. The van der Waals surface area contributed by atoms with Gasteiger partial charge in [-0.25, -0.2) is 4.79 Å². The van der Waals surface area contributed by atoms with Crippen LogP contribution < -0.4 is 10.6 Å². The molecule has 0 radical (unpaired) electrons. The van der Waals surface area contributed by atoms with Gasteiger partial charge < -0.3 is 25.7 Å². The lowest BCUT2D eigenvalue weighted by molar-refractivity contribution is -0.141. The number of hydrogen-bond donors (Lipinski definition) is 4. The molecule has 1 heterocycles. The predicted octanol–water partition coefficient (Wildman–Crippen LogP) is -0.147. The van der Waals surface area contributed by atoms with E-state index in [1.807, 2.05) is 0 Å². The summed E-state index contributed by atoms with van der Waals surface area (Å²) in [5.74, 6) is -0.651. The fraction of sp³-hybridized carbons (Fsp3) is 0.846. The third kappa shape index (κ3) is 6.72. The Labute approximate surface area is 119 Å². The molecule has 0 saturated carbocycles. The van der Waals surface area contributed by atoms with Crippen LogP contribution in [0.25, 0.3) is 0 Å². The zero-order valence-corrected chi connectivity index (χ0v) is 12.2. The number of carbonyl (C=O) groups is 2. The Morgan fingerprint density at radius 2 is 2.10 bits per heavy atom. The summed E-state index contributed by atoms with van der Waals surface area (Å²) in [6.07, 6.45) is 1.83. The fourth-order valence-corrected chi connectivity index (χ4v) is 2.40. The van der Waals surface area contributed by atoms with Crippen LogP contribution in [0.15, 0.2) is 0 Å². The van der Waals surface area contributed by atoms with E-state index >= 15 is 0 Å². The smallest absolute Gasteiger partial charge is 0.314 e. The molecule has 7 nitrogen and oxygen atoms in total. The van der Waals surface area contributed by atoms with Crippen molar-refractivity contribution in [2.45, 2.75) is 31.8 Å². The standard InChI is InChI=1S/C13H25N3O4/c1-13(20,6-11(17)18)9-15-12(19)14-7-10-4-3-5-16(2)8-10/h10,20H,3-9H2,1-2H3,(H,17,18)(H2,14,15,19). The number of nitrogens with one attached hydrogen (secondary N) is 2. The summed E-state index contributed by atoms with van der Waals surface area (Å²) in [5.41, 5.74) is -1.44. The van der Waals surface area contributed by atoms with Crippen molar-refractivity contribution in [3.63, 3.8) is 0 Å². The van der Waals surface area contributed by atoms with E-state index in [9.17, 15) is 14.7 Å². The van der Waals surface area contributed by atoms with E-state index in [4.69, 9.17) is 5.11 Å². The molecule has 2 atom stereocenters. The van der Waals surface area contributed by atoms with Crippen molar-refractivity contribution in [3.8, 4) is 0 Å². The molecule has 0 aromatic rings. The van der Waals surface area contributed by atoms with E-state index in [0.29, 0.717) is 12.5 Å². The molecule has 20 heavy (non-hydrogen) atoms. The summed E-state index contributed by atoms with van der Waals surface area (Å²) in [5, 5.41) is 23.6. The topological polar surface area (TPSA) is 102 Å². The molecule has 1 rings (SSSR count). The molecule has 116 valence electrons. The average molecular weight is 287 g/mol. The SMILES string of the molecule is CN1CCCC(CNC(=O)NCC(C)(O)CC(=O)O)C1. The lowest BCUT2D eigenvalue weighted by atomic mass is 9.98. The van der Waals surface area contributed by atoms with Gasteiger partial charge in [-0.2, -0.15) is 0 Å². The molecule has 1 aliphatic rings. The maximum Gasteiger partial charge on any atom is 0.314 e. The molecular formula is C13H25N3O4.